The molecule has 2 atom stereocenters. The molecule has 0 saturated carbocycles. The van der Waals surface area contributed by atoms with Gasteiger partial charge in [-0.3, -0.25) is 4.79 Å². The third-order valence-corrected chi connectivity index (χ3v) is 6.02. The second kappa shape index (κ2) is 8.75. The lowest BCUT2D eigenvalue weighted by molar-refractivity contribution is -0.129. The van der Waals surface area contributed by atoms with Gasteiger partial charge in [0.25, 0.3) is 5.66 Å². The van der Waals surface area contributed by atoms with Crippen molar-refractivity contribution in [2.24, 2.45) is 5.73 Å². The van der Waals surface area contributed by atoms with E-state index in [1.165, 1.54) is 39.8 Å². The minimum atomic E-state index is -3.29. The van der Waals surface area contributed by atoms with Crippen molar-refractivity contribution in [3.8, 4) is 0 Å². The Labute approximate surface area is 184 Å². The monoisotopic (exact) mass is 476 g/mol. The van der Waals surface area contributed by atoms with E-state index in [-0.39, 0.29) is 29.2 Å². The van der Waals surface area contributed by atoms with Crippen LogP contribution in [0.2, 0.25) is 10.0 Å². The van der Waals surface area contributed by atoms with Gasteiger partial charge in [0.05, 0.1) is 5.54 Å². The van der Waals surface area contributed by atoms with Crippen LogP contribution in [0.4, 0.5) is 20.4 Å². The molecule has 1 aromatic carbocycles. The zero-order valence-electron chi connectivity index (χ0n) is 15.8. The Hall–Kier alpha value is -1.80. The number of rotatable bonds is 5. The number of anilines is 2. The van der Waals surface area contributed by atoms with Crippen molar-refractivity contribution in [1.29, 1.82) is 0 Å². The summed E-state index contributed by atoms with van der Waals surface area (Å²) in [6.07, 6.45) is 1.73. The van der Waals surface area contributed by atoms with Gasteiger partial charge in [-0.15, -0.1) is 0 Å². The first kappa shape index (κ1) is 22.9. The summed E-state index contributed by atoms with van der Waals surface area (Å²) >= 11 is 12.0. The number of benzene rings is 1. The molecule has 2 unspecified atom stereocenters. The largest absolute Gasteiger partial charge is 0.382 e. The van der Waals surface area contributed by atoms with Crippen LogP contribution in [-0.2, 0) is 4.79 Å². The summed E-state index contributed by atoms with van der Waals surface area (Å²) in [5.74, 6) is -0.0582. The molecule has 0 aliphatic carbocycles. The summed E-state index contributed by atoms with van der Waals surface area (Å²) in [5, 5.41) is 3.03. The lowest BCUT2D eigenvalue weighted by Gasteiger charge is -2.40. The first-order valence-electron chi connectivity index (χ1n) is 9.04. The maximum Gasteiger partial charge on any atom is 0.282 e. The van der Waals surface area contributed by atoms with E-state index in [1.807, 2.05) is 4.90 Å². The first-order valence-corrected chi connectivity index (χ1v) is 10.4. The number of nitrogen functional groups attached to an aromatic ring is 1. The topological polar surface area (TPSA) is 110 Å². The van der Waals surface area contributed by atoms with Crippen LogP contribution in [0.1, 0.15) is 24.4 Å². The third-order valence-electron chi connectivity index (χ3n) is 5.07. The van der Waals surface area contributed by atoms with E-state index in [4.69, 9.17) is 34.7 Å². The zero-order chi connectivity index (χ0) is 22.1. The molecular formula is C18H21Cl2F2N6OP. The van der Waals surface area contributed by atoms with E-state index < -0.39 is 23.2 Å². The van der Waals surface area contributed by atoms with Crippen molar-refractivity contribution < 1.29 is 13.6 Å². The molecule has 1 aromatic heterocycles. The lowest BCUT2D eigenvalue weighted by Crippen LogP contribution is -2.61. The van der Waals surface area contributed by atoms with Gasteiger partial charge in [0.2, 0.25) is 5.91 Å². The van der Waals surface area contributed by atoms with Crippen LogP contribution in [-0.4, -0.2) is 40.2 Å². The van der Waals surface area contributed by atoms with Crippen LogP contribution in [0.15, 0.2) is 30.6 Å². The molecule has 2 aromatic rings. The number of nitrogens with two attached hydrogens (primary N) is 2. The summed E-state index contributed by atoms with van der Waals surface area (Å²) in [4.78, 5) is 22.7. The quantitative estimate of drug-likeness (QED) is 0.572. The summed E-state index contributed by atoms with van der Waals surface area (Å²) in [7, 11) is 1.46. The lowest BCUT2D eigenvalue weighted by atomic mass is 9.87. The van der Waals surface area contributed by atoms with Gasteiger partial charge >= 0.3 is 0 Å². The van der Waals surface area contributed by atoms with Gasteiger partial charge in [0.1, 0.15) is 23.2 Å². The van der Waals surface area contributed by atoms with Gasteiger partial charge in [0.15, 0.2) is 5.82 Å². The minimum Gasteiger partial charge on any atom is -0.382 e. The summed E-state index contributed by atoms with van der Waals surface area (Å²) in [5.41, 5.74) is 7.63. The fourth-order valence-electron chi connectivity index (χ4n) is 3.27. The van der Waals surface area contributed by atoms with Crippen LogP contribution in [0.3, 0.4) is 0 Å². The predicted molar refractivity (Wildman–Crippen MR) is 117 cm³/mol. The Morgan fingerprint density at radius 3 is 2.40 bits per heavy atom. The number of hydrogen-bond donors (Lipinski definition) is 3. The maximum absolute atomic E-state index is 14.2. The highest BCUT2D eigenvalue weighted by Crippen LogP contribution is 2.38. The number of amides is 1. The molecule has 12 heteroatoms. The highest BCUT2D eigenvalue weighted by molar-refractivity contribution is 7.18. The van der Waals surface area contributed by atoms with Gasteiger partial charge in [0, 0.05) is 18.1 Å². The number of nitrogens with zero attached hydrogens (tertiary/aromatic N) is 3. The van der Waals surface area contributed by atoms with E-state index in [2.05, 4.69) is 15.3 Å². The zero-order valence-corrected chi connectivity index (χ0v) is 18.5. The normalized spacial score (nSPS) is 17.5. The number of carbonyl (C=O) groups is 1. The van der Waals surface area contributed by atoms with Crippen LogP contribution < -0.4 is 21.7 Å². The minimum absolute atomic E-state index is 0.150. The standard InChI is InChI=1S/C18H21Cl2F2N6OP/c19-11-3-1-10(2-4-11)13(18(21,22)30)27-16(29)17(24)5-7-28(8-6-17)15-12(20)14(23)25-9-26-15/h1-4,9,13H,5-8,24,30H2,(H,27,29)(H2,23,25,26). The molecule has 1 aliphatic rings. The number of alkyl halides is 2. The van der Waals surface area contributed by atoms with Crippen molar-refractivity contribution in [2.45, 2.75) is 30.1 Å². The molecule has 162 valence electrons. The van der Waals surface area contributed by atoms with Crippen LogP contribution in [0.5, 0.6) is 0 Å². The van der Waals surface area contributed by atoms with Crippen LogP contribution >= 0.6 is 32.4 Å². The average molecular weight is 477 g/mol. The van der Waals surface area contributed by atoms with E-state index in [1.54, 1.807) is 0 Å². The van der Waals surface area contributed by atoms with Crippen LogP contribution in [0.25, 0.3) is 0 Å². The van der Waals surface area contributed by atoms with Crippen molar-refractivity contribution in [1.82, 2.24) is 15.3 Å². The highest BCUT2D eigenvalue weighted by atomic mass is 35.5. The Bertz CT molecular complexity index is 920. The SMILES string of the molecule is Nc1ncnc(N2CCC(N)(C(=O)NC(c3ccc(Cl)cc3)C(F)(F)P)CC2)c1Cl. The molecule has 0 radical (unpaired) electrons. The summed E-state index contributed by atoms with van der Waals surface area (Å²) in [6, 6.07) is 4.29. The molecule has 1 saturated heterocycles. The predicted octanol–water partition coefficient (Wildman–Crippen LogP) is 2.99. The molecule has 30 heavy (non-hydrogen) atoms. The fourth-order valence-corrected chi connectivity index (χ4v) is 3.89. The molecule has 5 N–H and O–H groups in total. The average Bonchev–Trinajstić information content (AvgIpc) is 2.69. The van der Waals surface area contributed by atoms with E-state index >= 15 is 0 Å². The Kier molecular flexibility index (Phi) is 6.67. The number of aromatic nitrogens is 2. The van der Waals surface area contributed by atoms with Gasteiger partial charge in [-0.2, -0.15) is 8.78 Å². The number of piperidine rings is 1. The van der Waals surface area contributed by atoms with Crippen molar-refractivity contribution in [2.75, 3.05) is 23.7 Å². The molecule has 1 amide bonds. The molecule has 0 bridgehead atoms. The Morgan fingerprint density at radius 1 is 1.23 bits per heavy atom. The van der Waals surface area contributed by atoms with E-state index in [9.17, 15) is 13.6 Å². The molecule has 2 heterocycles. The van der Waals surface area contributed by atoms with Crippen molar-refractivity contribution in [3.05, 3.63) is 46.2 Å². The molecule has 7 nitrogen and oxygen atoms in total. The Morgan fingerprint density at radius 2 is 1.83 bits per heavy atom. The molecule has 3 rings (SSSR count). The van der Waals surface area contributed by atoms with Gasteiger partial charge in [-0.25, -0.2) is 9.97 Å². The molecular weight excluding hydrogens is 456 g/mol. The second-order valence-electron chi connectivity index (χ2n) is 7.17. The smallest absolute Gasteiger partial charge is 0.282 e. The first-order chi connectivity index (χ1) is 14.0. The molecule has 0 spiro atoms. The van der Waals surface area contributed by atoms with Gasteiger partial charge < -0.3 is 21.7 Å². The molecule has 1 aliphatic heterocycles. The van der Waals surface area contributed by atoms with Crippen LogP contribution in [0, 0.1) is 0 Å². The highest BCUT2D eigenvalue weighted by Gasteiger charge is 2.43. The van der Waals surface area contributed by atoms with E-state index in [0.29, 0.717) is 23.9 Å². The summed E-state index contributed by atoms with van der Waals surface area (Å²) < 4.78 is 28.4. The second-order valence-corrected chi connectivity index (χ2v) is 8.76. The van der Waals surface area contributed by atoms with E-state index in [0.717, 1.165) is 0 Å². The van der Waals surface area contributed by atoms with Gasteiger partial charge in [-0.1, -0.05) is 44.6 Å². The fraction of sp³-hybridized carbons (Fsp3) is 0.389. The van der Waals surface area contributed by atoms with Crippen molar-refractivity contribution >= 4 is 50.0 Å². The number of nitrogens with one attached hydrogen (secondary N) is 1. The number of hydrogen-bond acceptors (Lipinski definition) is 6. The number of carbonyl (C=O) groups excluding carboxylic acids is 1. The molecule has 1 fully saturated rings. The van der Waals surface area contributed by atoms with Gasteiger partial charge in [-0.05, 0) is 30.5 Å². The summed E-state index contributed by atoms with van der Waals surface area (Å²) in [6.45, 7) is 0.700. The Balaban J connectivity index is 1.73. The maximum atomic E-state index is 14.2. The third kappa shape index (κ3) is 4.91. The van der Waals surface area contributed by atoms with Crippen molar-refractivity contribution in [3.63, 3.8) is 0 Å². The number of halogens is 4.